The van der Waals surface area contributed by atoms with Crippen LogP contribution < -0.4 is 0 Å². The van der Waals surface area contributed by atoms with Crippen molar-refractivity contribution in [1.82, 2.24) is 4.90 Å². The van der Waals surface area contributed by atoms with Crippen LogP contribution in [0.2, 0.25) is 0 Å². The van der Waals surface area contributed by atoms with Crippen molar-refractivity contribution in [3.05, 3.63) is 35.9 Å². The number of nitrogens with zero attached hydrogens (tertiary/aromatic N) is 2. The molecule has 0 bridgehead atoms. The lowest BCUT2D eigenvalue weighted by molar-refractivity contribution is -0.0527. The Morgan fingerprint density at radius 2 is 1.81 bits per heavy atom. The topological polar surface area (TPSA) is 45.5 Å². The maximum Gasteiger partial charge on any atom is 0.159 e. The lowest BCUT2D eigenvalue weighted by atomic mass is 9.74. The summed E-state index contributed by atoms with van der Waals surface area (Å²) in [7, 11) is 0. The van der Waals surface area contributed by atoms with Crippen LogP contribution in [0.4, 0.5) is 0 Å². The quantitative estimate of drug-likeness (QED) is 0.852. The summed E-state index contributed by atoms with van der Waals surface area (Å²) in [5.41, 5.74) is 0.854. The van der Waals surface area contributed by atoms with Crippen molar-refractivity contribution in [2.75, 3.05) is 32.8 Å². The van der Waals surface area contributed by atoms with Crippen LogP contribution in [-0.4, -0.2) is 44.0 Å². The third-order valence-electron chi connectivity index (χ3n) is 4.62. The molecule has 2 heterocycles. The number of nitriles is 1. The SMILES string of the molecule is N#CC1(c2ccccc2)CCN(CCC2OCCO2)CC1. The van der Waals surface area contributed by atoms with E-state index >= 15 is 0 Å². The number of hydrogen-bond donors (Lipinski definition) is 0. The fraction of sp³-hybridized carbons (Fsp3) is 0.588. The van der Waals surface area contributed by atoms with Crippen molar-refractivity contribution in [1.29, 1.82) is 5.26 Å². The van der Waals surface area contributed by atoms with Gasteiger partial charge in [-0.15, -0.1) is 0 Å². The zero-order valence-corrected chi connectivity index (χ0v) is 12.3. The second kappa shape index (κ2) is 6.57. The molecule has 0 atom stereocenters. The summed E-state index contributed by atoms with van der Waals surface area (Å²) < 4.78 is 10.9. The van der Waals surface area contributed by atoms with Gasteiger partial charge < -0.3 is 14.4 Å². The first-order chi connectivity index (χ1) is 10.3. The molecule has 2 saturated heterocycles. The van der Waals surface area contributed by atoms with Crippen LogP contribution in [0.3, 0.4) is 0 Å². The first kappa shape index (κ1) is 14.5. The van der Waals surface area contributed by atoms with E-state index in [0.717, 1.165) is 57.7 Å². The normalized spacial score (nSPS) is 23.0. The first-order valence-electron chi connectivity index (χ1n) is 7.75. The molecule has 0 aliphatic carbocycles. The molecule has 2 aliphatic rings. The molecular formula is C17H22N2O2. The number of likely N-dealkylation sites (tertiary alicyclic amines) is 1. The molecular weight excluding hydrogens is 264 g/mol. The number of hydrogen-bond acceptors (Lipinski definition) is 4. The maximum atomic E-state index is 9.68. The zero-order chi connectivity index (χ0) is 14.5. The molecule has 112 valence electrons. The minimum absolute atomic E-state index is 0.0261. The van der Waals surface area contributed by atoms with Gasteiger partial charge in [0.2, 0.25) is 0 Å². The van der Waals surface area contributed by atoms with Crippen LogP contribution in [0.1, 0.15) is 24.8 Å². The molecule has 4 heteroatoms. The Hall–Kier alpha value is -1.41. The molecule has 2 fully saturated rings. The lowest BCUT2D eigenvalue weighted by Crippen LogP contribution is -2.42. The van der Waals surface area contributed by atoms with Gasteiger partial charge in [-0.3, -0.25) is 0 Å². The van der Waals surface area contributed by atoms with Gasteiger partial charge in [0.1, 0.15) is 0 Å². The number of rotatable bonds is 4. The van der Waals surface area contributed by atoms with Crippen LogP contribution in [0.25, 0.3) is 0 Å². The lowest BCUT2D eigenvalue weighted by Gasteiger charge is -2.37. The van der Waals surface area contributed by atoms with Gasteiger partial charge >= 0.3 is 0 Å². The minimum atomic E-state index is -0.307. The van der Waals surface area contributed by atoms with Crippen LogP contribution in [-0.2, 0) is 14.9 Å². The third-order valence-corrected chi connectivity index (χ3v) is 4.62. The van der Waals surface area contributed by atoms with Crippen molar-refractivity contribution >= 4 is 0 Å². The van der Waals surface area contributed by atoms with Gasteiger partial charge in [-0.2, -0.15) is 5.26 Å². The van der Waals surface area contributed by atoms with Crippen molar-refractivity contribution in [2.24, 2.45) is 0 Å². The van der Waals surface area contributed by atoms with Crippen molar-refractivity contribution in [2.45, 2.75) is 31.0 Å². The Bertz CT molecular complexity index is 483. The van der Waals surface area contributed by atoms with Gasteiger partial charge in [-0.25, -0.2) is 0 Å². The van der Waals surface area contributed by atoms with Crippen molar-refractivity contribution in [3.8, 4) is 6.07 Å². The molecule has 3 rings (SSSR count). The predicted octanol–water partition coefficient (Wildman–Crippen LogP) is 2.31. The highest BCUT2D eigenvalue weighted by Gasteiger charge is 2.36. The number of ether oxygens (including phenoxy) is 2. The molecule has 0 radical (unpaired) electrons. The van der Waals surface area contributed by atoms with E-state index in [0.29, 0.717) is 0 Å². The van der Waals surface area contributed by atoms with Crippen LogP contribution in [0.5, 0.6) is 0 Å². The largest absolute Gasteiger partial charge is 0.350 e. The smallest absolute Gasteiger partial charge is 0.159 e. The molecule has 0 amide bonds. The van der Waals surface area contributed by atoms with Gasteiger partial charge in [0, 0.05) is 13.0 Å². The molecule has 0 unspecified atom stereocenters. The molecule has 0 aromatic heterocycles. The average molecular weight is 286 g/mol. The minimum Gasteiger partial charge on any atom is -0.350 e. The summed E-state index contributed by atoms with van der Waals surface area (Å²) in [6, 6.07) is 12.8. The third kappa shape index (κ3) is 3.26. The Kier molecular flexibility index (Phi) is 4.54. The van der Waals surface area contributed by atoms with Gasteiger partial charge in [0.05, 0.1) is 24.7 Å². The summed E-state index contributed by atoms with van der Waals surface area (Å²) >= 11 is 0. The highest BCUT2D eigenvalue weighted by molar-refractivity contribution is 5.33. The summed E-state index contributed by atoms with van der Waals surface area (Å²) in [6.07, 6.45) is 2.70. The van der Waals surface area contributed by atoms with E-state index in [1.165, 1.54) is 0 Å². The van der Waals surface area contributed by atoms with Gasteiger partial charge in [0.25, 0.3) is 0 Å². The van der Waals surface area contributed by atoms with E-state index in [9.17, 15) is 5.26 Å². The van der Waals surface area contributed by atoms with E-state index in [4.69, 9.17) is 9.47 Å². The average Bonchev–Trinajstić information content (AvgIpc) is 3.08. The standard InChI is InChI=1S/C17H22N2O2/c18-14-17(15-4-2-1-3-5-15)7-10-19(11-8-17)9-6-16-20-12-13-21-16/h1-5,16H,6-13H2. The monoisotopic (exact) mass is 286 g/mol. The highest BCUT2D eigenvalue weighted by atomic mass is 16.7. The van der Waals surface area contributed by atoms with Crippen molar-refractivity contribution in [3.63, 3.8) is 0 Å². The van der Waals surface area contributed by atoms with Gasteiger partial charge in [-0.1, -0.05) is 30.3 Å². The van der Waals surface area contributed by atoms with E-state index < -0.39 is 0 Å². The van der Waals surface area contributed by atoms with E-state index in [2.05, 4.69) is 23.1 Å². The van der Waals surface area contributed by atoms with Crippen molar-refractivity contribution < 1.29 is 9.47 Å². The Labute approximate surface area is 126 Å². The molecule has 1 aromatic carbocycles. The maximum absolute atomic E-state index is 9.68. The fourth-order valence-electron chi connectivity index (χ4n) is 3.24. The molecule has 21 heavy (non-hydrogen) atoms. The molecule has 0 saturated carbocycles. The van der Waals surface area contributed by atoms with Crippen LogP contribution >= 0.6 is 0 Å². The Balaban J connectivity index is 1.55. The predicted molar refractivity (Wildman–Crippen MR) is 79.7 cm³/mol. The van der Waals surface area contributed by atoms with Crippen LogP contribution in [0.15, 0.2) is 30.3 Å². The zero-order valence-electron chi connectivity index (χ0n) is 12.3. The number of benzene rings is 1. The van der Waals surface area contributed by atoms with Gasteiger partial charge in [-0.05, 0) is 31.5 Å². The van der Waals surface area contributed by atoms with Crippen LogP contribution in [0, 0.1) is 11.3 Å². The van der Waals surface area contributed by atoms with Gasteiger partial charge in [0.15, 0.2) is 6.29 Å². The molecule has 0 spiro atoms. The van der Waals surface area contributed by atoms with E-state index in [1.807, 2.05) is 18.2 Å². The fourth-order valence-corrected chi connectivity index (χ4v) is 3.24. The Morgan fingerprint density at radius 3 is 2.43 bits per heavy atom. The Morgan fingerprint density at radius 1 is 1.14 bits per heavy atom. The molecule has 4 nitrogen and oxygen atoms in total. The summed E-state index contributed by atoms with van der Waals surface area (Å²) in [4.78, 5) is 2.42. The summed E-state index contributed by atoms with van der Waals surface area (Å²) in [5.74, 6) is 0. The van der Waals surface area contributed by atoms with E-state index in [-0.39, 0.29) is 11.7 Å². The second-order valence-corrected chi connectivity index (χ2v) is 5.86. The number of piperidine rings is 1. The molecule has 0 N–H and O–H groups in total. The second-order valence-electron chi connectivity index (χ2n) is 5.86. The molecule has 1 aromatic rings. The summed E-state index contributed by atoms with van der Waals surface area (Å²) in [6.45, 7) is 4.36. The summed E-state index contributed by atoms with van der Waals surface area (Å²) in [5, 5.41) is 9.68. The highest BCUT2D eigenvalue weighted by Crippen LogP contribution is 2.34. The first-order valence-corrected chi connectivity index (χ1v) is 7.75. The van der Waals surface area contributed by atoms with E-state index in [1.54, 1.807) is 0 Å². The molecule has 2 aliphatic heterocycles.